The highest BCUT2D eigenvalue weighted by atomic mass is 127. The molecule has 13 heavy (non-hydrogen) atoms. The van der Waals surface area contributed by atoms with Gasteiger partial charge in [-0.25, -0.2) is 0 Å². The number of thioether (sulfide) groups is 1. The van der Waals surface area contributed by atoms with Crippen molar-refractivity contribution in [2.45, 2.75) is 6.42 Å². The lowest BCUT2D eigenvalue weighted by molar-refractivity contribution is 0.316. The zero-order valence-electron chi connectivity index (χ0n) is 7.63. The minimum absolute atomic E-state index is 0.820. The van der Waals surface area contributed by atoms with Gasteiger partial charge in [0.2, 0.25) is 0 Å². The maximum Gasteiger partial charge on any atom is 0.132 e. The summed E-state index contributed by atoms with van der Waals surface area (Å²) in [4.78, 5) is 0. The van der Waals surface area contributed by atoms with E-state index in [9.17, 15) is 0 Å². The summed E-state index contributed by atoms with van der Waals surface area (Å²) < 4.78 is 6.80. The molecular weight excluding hydrogens is 295 g/mol. The lowest BCUT2D eigenvalue weighted by atomic mass is 10.3. The minimum atomic E-state index is 0.820. The zero-order chi connectivity index (χ0) is 9.52. The molecule has 0 aliphatic carbocycles. The van der Waals surface area contributed by atoms with Crippen molar-refractivity contribution in [3.05, 3.63) is 27.8 Å². The fourth-order valence-electron chi connectivity index (χ4n) is 0.947. The van der Waals surface area contributed by atoms with Crippen molar-refractivity contribution in [1.82, 2.24) is 0 Å². The number of halogens is 1. The Morgan fingerprint density at radius 3 is 2.85 bits per heavy atom. The molecule has 1 aromatic rings. The number of hydrogen-bond donors (Lipinski definition) is 0. The average molecular weight is 308 g/mol. The monoisotopic (exact) mass is 308 g/mol. The van der Waals surface area contributed by atoms with Crippen LogP contribution in [0.3, 0.4) is 0 Å². The van der Waals surface area contributed by atoms with Gasteiger partial charge in [0.15, 0.2) is 0 Å². The second-order valence-electron chi connectivity index (χ2n) is 2.63. The number of rotatable bonds is 5. The minimum Gasteiger partial charge on any atom is -0.492 e. The molecule has 0 unspecified atom stereocenters. The molecule has 0 saturated heterocycles. The Morgan fingerprint density at radius 2 is 2.15 bits per heavy atom. The lowest BCUT2D eigenvalue weighted by Gasteiger charge is -2.06. The van der Waals surface area contributed by atoms with Crippen molar-refractivity contribution in [2.75, 3.05) is 18.6 Å². The molecule has 1 aromatic carbocycles. The van der Waals surface area contributed by atoms with E-state index in [1.807, 2.05) is 30.0 Å². The van der Waals surface area contributed by atoms with Crippen LogP contribution in [-0.2, 0) is 0 Å². The summed E-state index contributed by atoms with van der Waals surface area (Å²) in [5.41, 5.74) is 0. The van der Waals surface area contributed by atoms with Gasteiger partial charge in [-0.1, -0.05) is 12.1 Å². The lowest BCUT2D eigenvalue weighted by Crippen LogP contribution is -1.99. The van der Waals surface area contributed by atoms with Gasteiger partial charge in [0.1, 0.15) is 5.75 Å². The highest BCUT2D eigenvalue weighted by Gasteiger charge is 1.97. The molecule has 3 heteroatoms. The fourth-order valence-corrected chi connectivity index (χ4v) is 1.90. The van der Waals surface area contributed by atoms with E-state index in [1.165, 1.54) is 9.32 Å². The van der Waals surface area contributed by atoms with Crippen LogP contribution in [0.25, 0.3) is 0 Å². The molecule has 0 spiro atoms. The van der Waals surface area contributed by atoms with Gasteiger partial charge in [-0.3, -0.25) is 0 Å². The van der Waals surface area contributed by atoms with Gasteiger partial charge in [-0.2, -0.15) is 11.8 Å². The Bertz CT molecular complexity index is 252. The van der Waals surface area contributed by atoms with Gasteiger partial charge in [-0.15, -0.1) is 0 Å². The first kappa shape index (κ1) is 11.2. The summed E-state index contributed by atoms with van der Waals surface area (Å²) in [5, 5.41) is 0. The second-order valence-corrected chi connectivity index (χ2v) is 4.77. The number of benzene rings is 1. The predicted molar refractivity (Wildman–Crippen MR) is 67.7 cm³/mol. The van der Waals surface area contributed by atoms with E-state index in [-0.39, 0.29) is 0 Å². The molecule has 0 aliphatic heterocycles. The third kappa shape index (κ3) is 4.22. The first-order valence-electron chi connectivity index (χ1n) is 4.21. The molecule has 0 amide bonds. The predicted octanol–water partition coefficient (Wildman–Crippen LogP) is 3.42. The van der Waals surface area contributed by atoms with E-state index < -0.39 is 0 Å². The third-order valence-electron chi connectivity index (χ3n) is 1.59. The van der Waals surface area contributed by atoms with E-state index in [0.29, 0.717) is 0 Å². The maximum absolute atomic E-state index is 5.62. The zero-order valence-corrected chi connectivity index (χ0v) is 10.6. The molecule has 1 rings (SSSR count). The molecule has 0 radical (unpaired) electrons. The summed E-state index contributed by atoms with van der Waals surface area (Å²) in [7, 11) is 0. The summed E-state index contributed by atoms with van der Waals surface area (Å²) in [6.07, 6.45) is 3.23. The molecule has 0 aromatic heterocycles. The Balaban J connectivity index is 2.32. The Labute approximate surface area is 97.4 Å². The first-order valence-corrected chi connectivity index (χ1v) is 6.68. The molecule has 0 heterocycles. The average Bonchev–Trinajstić information content (AvgIpc) is 2.15. The topological polar surface area (TPSA) is 9.23 Å². The number of hydrogen-bond acceptors (Lipinski definition) is 2. The van der Waals surface area contributed by atoms with Crippen molar-refractivity contribution in [2.24, 2.45) is 0 Å². The highest BCUT2D eigenvalue weighted by molar-refractivity contribution is 14.1. The van der Waals surface area contributed by atoms with Crippen molar-refractivity contribution in [1.29, 1.82) is 0 Å². The van der Waals surface area contributed by atoms with Crippen LogP contribution in [0.15, 0.2) is 24.3 Å². The van der Waals surface area contributed by atoms with Crippen LogP contribution in [-0.4, -0.2) is 18.6 Å². The number of ether oxygens (including phenoxy) is 1. The molecular formula is C10H13IOS. The molecule has 0 fully saturated rings. The van der Waals surface area contributed by atoms with E-state index in [1.54, 1.807) is 0 Å². The Kier molecular flexibility index (Phi) is 5.62. The largest absolute Gasteiger partial charge is 0.492 e. The van der Waals surface area contributed by atoms with Crippen LogP contribution in [0.5, 0.6) is 5.75 Å². The second kappa shape index (κ2) is 6.54. The SMILES string of the molecule is CSCCCOc1ccccc1I. The van der Waals surface area contributed by atoms with Gasteiger partial charge >= 0.3 is 0 Å². The normalized spacial score (nSPS) is 10.0. The standard InChI is InChI=1S/C10H13IOS/c1-13-8-4-7-12-10-6-3-2-5-9(10)11/h2-3,5-6H,4,7-8H2,1H3. The fraction of sp³-hybridized carbons (Fsp3) is 0.400. The van der Waals surface area contributed by atoms with E-state index in [0.717, 1.165) is 18.8 Å². The molecule has 0 bridgehead atoms. The van der Waals surface area contributed by atoms with Crippen molar-refractivity contribution in [3.8, 4) is 5.75 Å². The summed E-state index contributed by atoms with van der Waals surface area (Å²) in [5.74, 6) is 2.17. The molecule has 0 N–H and O–H groups in total. The van der Waals surface area contributed by atoms with Crippen LogP contribution in [0.2, 0.25) is 0 Å². The van der Waals surface area contributed by atoms with Gasteiger partial charge < -0.3 is 4.74 Å². The van der Waals surface area contributed by atoms with Crippen LogP contribution in [0.4, 0.5) is 0 Å². The molecule has 1 nitrogen and oxygen atoms in total. The summed E-state index contributed by atoms with van der Waals surface area (Å²) >= 11 is 4.15. The van der Waals surface area contributed by atoms with E-state index in [4.69, 9.17) is 4.74 Å². The molecule has 0 atom stereocenters. The van der Waals surface area contributed by atoms with E-state index >= 15 is 0 Å². The Morgan fingerprint density at radius 1 is 1.38 bits per heavy atom. The highest BCUT2D eigenvalue weighted by Crippen LogP contribution is 2.19. The van der Waals surface area contributed by atoms with Gasteiger partial charge in [-0.05, 0) is 53.2 Å². The number of para-hydroxylation sites is 1. The first-order chi connectivity index (χ1) is 6.34. The van der Waals surface area contributed by atoms with Crippen LogP contribution in [0, 0.1) is 3.57 Å². The summed E-state index contributed by atoms with van der Waals surface area (Å²) in [6.45, 7) is 0.820. The molecule has 0 saturated carbocycles. The molecule has 72 valence electrons. The van der Waals surface area contributed by atoms with E-state index in [2.05, 4.69) is 34.9 Å². The van der Waals surface area contributed by atoms with Gasteiger partial charge in [0, 0.05) is 0 Å². The van der Waals surface area contributed by atoms with Crippen LogP contribution >= 0.6 is 34.4 Å². The van der Waals surface area contributed by atoms with Crippen LogP contribution < -0.4 is 4.74 Å². The van der Waals surface area contributed by atoms with Gasteiger partial charge in [0.25, 0.3) is 0 Å². The van der Waals surface area contributed by atoms with Crippen LogP contribution in [0.1, 0.15) is 6.42 Å². The quantitative estimate of drug-likeness (QED) is 0.609. The van der Waals surface area contributed by atoms with Crippen molar-refractivity contribution in [3.63, 3.8) is 0 Å². The van der Waals surface area contributed by atoms with Crippen molar-refractivity contribution >= 4 is 34.4 Å². The molecule has 0 aliphatic rings. The summed E-state index contributed by atoms with van der Waals surface area (Å²) in [6, 6.07) is 8.11. The maximum atomic E-state index is 5.62. The smallest absolute Gasteiger partial charge is 0.132 e. The van der Waals surface area contributed by atoms with Gasteiger partial charge in [0.05, 0.1) is 10.2 Å². The Hall–Kier alpha value is 0.100. The van der Waals surface area contributed by atoms with Crippen molar-refractivity contribution < 1.29 is 4.74 Å². The third-order valence-corrected chi connectivity index (χ3v) is 3.18.